The van der Waals surface area contributed by atoms with Crippen molar-refractivity contribution in [1.82, 2.24) is 0 Å². The molecule has 3 aromatic carbocycles. The summed E-state index contributed by atoms with van der Waals surface area (Å²) in [7, 11) is 0. The summed E-state index contributed by atoms with van der Waals surface area (Å²) in [5.41, 5.74) is 0. The largest absolute Gasteiger partial charge is 0.139 e. The molecule has 0 bridgehead atoms. The molecule has 4 rings (SSSR count). The fourth-order valence-electron chi connectivity index (χ4n) is 2.62. The molecular formula is C21H20S2. The molecule has 0 saturated carbocycles. The first-order valence-electron chi connectivity index (χ1n) is 7.96. The Morgan fingerprint density at radius 2 is 1.39 bits per heavy atom. The van der Waals surface area contributed by atoms with Crippen molar-refractivity contribution in [2.24, 2.45) is 0 Å². The van der Waals surface area contributed by atoms with E-state index in [1.165, 1.54) is 35.5 Å². The number of hydrogen-bond donors (Lipinski definition) is 0. The molecule has 0 spiro atoms. The van der Waals surface area contributed by atoms with Gasteiger partial charge in [0.25, 0.3) is 0 Å². The molecule has 0 aliphatic rings. The number of fused-ring (bicyclic) bond motifs is 2. The van der Waals surface area contributed by atoms with E-state index in [0.29, 0.717) is 0 Å². The summed E-state index contributed by atoms with van der Waals surface area (Å²) in [6.45, 7) is 6.22. The first-order valence-corrected chi connectivity index (χ1v) is 9.59. The summed E-state index contributed by atoms with van der Waals surface area (Å²) in [5.74, 6) is 0. The predicted octanol–water partition coefficient (Wildman–Crippen LogP) is 7.54. The van der Waals surface area contributed by atoms with Gasteiger partial charge in [-0.15, -0.1) is 11.3 Å². The Balaban J connectivity index is 0.000000753. The third kappa shape index (κ3) is 3.29. The summed E-state index contributed by atoms with van der Waals surface area (Å²) in [6.07, 6.45) is 0. The molecule has 1 aromatic heterocycles. The van der Waals surface area contributed by atoms with E-state index < -0.39 is 0 Å². The van der Waals surface area contributed by atoms with Crippen molar-refractivity contribution < 1.29 is 0 Å². The highest BCUT2D eigenvalue weighted by Crippen LogP contribution is 2.42. The van der Waals surface area contributed by atoms with Crippen LogP contribution in [0.1, 0.15) is 18.7 Å². The Morgan fingerprint density at radius 3 is 2.09 bits per heavy atom. The number of aryl methyl sites for hydroxylation is 1. The van der Waals surface area contributed by atoms with Gasteiger partial charge in [-0.25, -0.2) is 0 Å². The Bertz CT molecular complexity index is 921. The lowest BCUT2D eigenvalue weighted by Crippen LogP contribution is -1.76. The Kier molecular flexibility index (Phi) is 5.04. The van der Waals surface area contributed by atoms with Crippen LogP contribution in [0.4, 0.5) is 0 Å². The van der Waals surface area contributed by atoms with Crippen LogP contribution in [0, 0.1) is 6.92 Å². The minimum atomic E-state index is 1.30. The van der Waals surface area contributed by atoms with E-state index in [2.05, 4.69) is 73.7 Å². The van der Waals surface area contributed by atoms with Crippen molar-refractivity contribution >= 4 is 44.0 Å². The highest BCUT2D eigenvalue weighted by Gasteiger charge is 2.11. The van der Waals surface area contributed by atoms with Crippen LogP contribution in [0.25, 0.3) is 20.9 Å². The molecule has 4 aromatic rings. The van der Waals surface area contributed by atoms with Crippen molar-refractivity contribution in [1.29, 1.82) is 0 Å². The molecule has 1 heterocycles. The predicted molar refractivity (Wildman–Crippen MR) is 106 cm³/mol. The van der Waals surface area contributed by atoms with Gasteiger partial charge in [0.05, 0.1) is 0 Å². The van der Waals surface area contributed by atoms with Gasteiger partial charge in [-0.1, -0.05) is 68.1 Å². The third-order valence-electron chi connectivity index (χ3n) is 3.64. The van der Waals surface area contributed by atoms with Crippen molar-refractivity contribution in [3.8, 4) is 0 Å². The highest BCUT2D eigenvalue weighted by molar-refractivity contribution is 7.99. The van der Waals surface area contributed by atoms with Crippen molar-refractivity contribution in [2.45, 2.75) is 30.6 Å². The molecule has 0 atom stereocenters. The Morgan fingerprint density at radius 1 is 0.783 bits per heavy atom. The van der Waals surface area contributed by atoms with E-state index in [1.807, 2.05) is 36.9 Å². The second-order valence-corrected chi connectivity index (χ2v) is 7.44. The summed E-state index contributed by atoms with van der Waals surface area (Å²) < 4.78 is 1.38. The SMILES string of the molecule is CC.Cc1sc2cc3ccccc3cc2c1Sc1ccccc1. The van der Waals surface area contributed by atoms with E-state index in [-0.39, 0.29) is 0 Å². The molecule has 116 valence electrons. The molecular weight excluding hydrogens is 316 g/mol. The average molecular weight is 337 g/mol. The summed E-state index contributed by atoms with van der Waals surface area (Å²) >= 11 is 3.76. The molecule has 23 heavy (non-hydrogen) atoms. The van der Waals surface area contributed by atoms with Crippen molar-refractivity contribution in [2.75, 3.05) is 0 Å². The topological polar surface area (TPSA) is 0 Å². The maximum atomic E-state index is 2.33. The zero-order chi connectivity index (χ0) is 16.2. The first kappa shape index (κ1) is 16.1. The van der Waals surface area contributed by atoms with Crippen molar-refractivity contribution in [3.05, 3.63) is 71.6 Å². The van der Waals surface area contributed by atoms with Gasteiger partial charge in [0.2, 0.25) is 0 Å². The fourth-order valence-corrected chi connectivity index (χ4v) is 4.87. The van der Waals surface area contributed by atoms with E-state index in [0.717, 1.165) is 0 Å². The Hall–Kier alpha value is -1.77. The summed E-state index contributed by atoms with van der Waals surface area (Å²) in [6, 6.07) is 23.9. The summed E-state index contributed by atoms with van der Waals surface area (Å²) in [4.78, 5) is 4.09. The average Bonchev–Trinajstić information content (AvgIpc) is 2.90. The lowest BCUT2D eigenvalue weighted by atomic mass is 10.1. The third-order valence-corrected chi connectivity index (χ3v) is 6.07. The van der Waals surface area contributed by atoms with Crippen LogP contribution in [0.5, 0.6) is 0 Å². The zero-order valence-electron chi connectivity index (χ0n) is 13.7. The second kappa shape index (κ2) is 7.20. The maximum absolute atomic E-state index is 2.33. The Labute approximate surface area is 146 Å². The molecule has 0 N–H and O–H groups in total. The van der Waals surface area contributed by atoms with Crippen LogP contribution < -0.4 is 0 Å². The van der Waals surface area contributed by atoms with Crippen LogP contribution in [0.3, 0.4) is 0 Å². The number of rotatable bonds is 2. The highest BCUT2D eigenvalue weighted by atomic mass is 32.2. The minimum absolute atomic E-state index is 1.30. The standard InChI is InChI=1S/C19H14S2.C2H6/c1-13-19(21-16-9-3-2-4-10-16)17-11-14-7-5-6-8-15(14)12-18(17)20-13;1-2/h2-12H,1H3;1-2H3. The van der Waals surface area contributed by atoms with Gasteiger partial charge in [-0.3, -0.25) is 0 Å². The number of thiophene rings is 1. The molecule has 0 fully saturated rings. The first-order chi connectivity index (χ1) is 11.3. The quantitative estimate of drug-likeness (QED) is 0.364. The van der Waals surface area contributed by atoms with Crippen LogP contribution in [-0.4, -0.2) is 0 Å². The van der Waals surface area contributed by atoms with Crippen molar-refractivity contribution in [3.63, 3.8) is 0 Å². The van der Waals surface area contributed by atoms with Gasteiger partial charge in [-0.05, 0) is 42.0 Å². The zero-order valence-corrected chi connectivity index (χ0v) is 15.3. The second-order valence-electron chi connectivity index (χ2n) is 5.10. The molecule has 2 heteroatoms. The monoisotopic (exact) mass is 336 g/mol. The molecule has 0 nitrogen and oxygen atoms in total. The van der Waals surface area contributed by atoms with Gasteiger partial charge < -0.3 is 0 Å². The van der Waals surface area contributed by atoms with Gasteiger partial charge in [0.15, 0.2) is 0 Å². The van der Waals surface area contributed by atoms with E-state index in [9.17, 15) is 0 Å². The van der Waals surface area contributed by atoms with Gasteiger partial charge >= 0.3 is 0 Å². The molecule has 0 aliphatic heterocycles. The number of hydrogen-bond acceptors (Lipinski definition) is 2. The van der Waals surface area contributed by atoms with Crippen LogP contribution in [-0.2, 0) is 0 Å². The lowest BCUT2D eigenvalue weighted by Gasteiger charge is -2.03. The van der Waals surface area contributed by atoms with E-state index in [1.54, 1.807) is 0 Å². The maximum Gasteiger partial charge on any atom is 0.0363 e. The molecule has 0 saturated heterocycles. The number of benzene rings is 3. The van der Waals surface area contributed by atoms with Crippen LogP contribution >= 0.6 is 23.1 Å². The van der Waals surface area contributed by atoms with Gasteiger partial charge in [0.1, 0.15) is 0 Å². The molecule has 0 unspecified atom stereocenters. The minimum Gasteiger partial charge on any atom is -0.139 e. The molecule has 0 aliphatic carbocycles. The van der Waals surface area contributed by atoms with Gasteiger partial charge in [0, 0.05) is 24.8 Å². The smallest absolute Gasteiger partial charge is 0.0363 e. The van der Waals surface area contributed by atoms with E-state index in [4.69, 9.17) is 0 Å². The lowest BCUT2D eigenvalue weighted by molar-refractivity contribution is 1.41. The fraction of sp³-hybridized carbons (Fsp3) is 0.143. The van der Waals surface area contributed by atoms with Crippen LogP contribution in [0.15, 0.2) is 76.5 Å². The summed E-state index contributed by atoms with van der Waals surface area (Å²) in [5, 5.41) is 4.02. The van der Waals surface area contributed by atoms with E-state index >= 15 is 0 Å². The van der Waals surface area contributed by atoms with Crippen LogP contribution in [0.2, 0.25) is 0 Å². The molecule has 0 radical (unpaired) electrons. The van der Waals surface area contributed by atoms with Gasteiger partial charge in [-0.2, -0.15) is 0 Å². The molecule has 0 amide bonds. The normalized spacial score (nSPS) is 10.6.